The first kappa shape index (κ1) is 23.0. The van der Waals surface area contributed by atoms with Crippen LogP contribution in [0.2, 0.25) is 5.02 Å². The number of carbonyl (C=O) groups excluding carboxylic acids is 1. The lowest BCUT2D eigenvalue weighted by atomic mass is 9.69. The second-order valence-electron chi connectivity index (χ2n) is 9.28. The number of hydrogen-bond donors (Lipinski definition) is 2. The van der Waals surface area contributed by atoms with Crippen LogP contribution < -0.4 is 4.90 Å². The van der Waals surface area contributed by atoms with Gasteiger partial charge in [-0.25, -0.2) is 0 Å². The largest absolute Gasteiger partial charge is 0.507 e. The van der Waals surface area contributed by atoms with Crippen LogP contribution in [0, 0.1) is 27.7 Å². The molecule has 4 nitrogen and oxygen atoms in total. The molecule has 1 aliphatic heterocycles. The molecule has 0 radical (unpaired) electrons. The first-order chi connectivity index (χ1) is 16.7. The molecule has 1 heterocycles. The van der Waals surface area contributed by atoms with E-state index in [1.54, 1.807) is 11.0 Å². The summed E-state index contributed by atoms with van der Waals surface area (Å²) in [5.74, 6) is 0.257. The van der Waals surface area contributed by atoms with Crippen molar-refractivity contribution in [2.75, 3.05) is 4.90 Å². The zero-order valence-electron chi connectivity index (χ0n) is 20.1. The van der Waals surface area contributed by atoms with E-state index < -0.39 is 5.41 Å². The van der Waals surface area contributed by atoms with Gasteiger partial charge in [-0.2, -0.15) is 0 Å². The molecule has 35 heavy (non-hydrogen) atoms. The van der Waals surface area contributed by atoms with Crippen LogP contribution in [-0.4, -0.2) is 16.1 Å². The summed E-state index contributed by atoms with van der Waals surface area (Å²) in [6, 6.07) is 22.6. The van der Waals surface area contributed by atoms with Crippen molar-refractivity contribution in [1.82, 2.24) is 0 Å². The highest BCUT2D eigenvalue weighted by molar-refractivity contribution is 6.35. The molecule has 0 saturated heterocycles. The molecule has 4 aromatic carbocycles. The number of para-hydroxylation sites is 2. The number of aromatic hydroxyl groups is 2. The monoisotopic (exact) mass is 483 g/mol. The van der Waals surface area contributed by atoms with E-state index in [9.17, 15) is 15.0 Å². The Kier molecular flexibility index (Phi) is 5.37. The number of benzene rings is 4. The molecule has 5 rings (SSSR count). The molecular formula is C30H26ClNO3. The number of fused-ring (bicyclic) bond motifs is 1. The Bertz CT molecular complexity index is 1400. The normalized spacial score (nSPS) is 14.3. The molecular weight excluding hydrogens is 458 g/mol. The topological polar surface area (TPSA) is 60.8 Å². The minimum atomic E-state index is -1.21. The molecule has 0 fully saturated rings. The highest BCUT2D eigenvalue weighted by Crippen LogP contribution is 2.54. The van der Waals surface area contributed by atoms with Crippen LogP contribution in [0.3, 0.4) is 0 Å². The third-order valence-electron chi connectivity index (χ3n) is 7.01. The van der Waals surface area contributed by atoms with Crippen molar-refractivity contribution in [3.8, 4) is 11.5 Å². The molecule has 0 aromatic heterocycles. The van der Waals surface area contributed by atoms with Crippen molar-refractivity contribution in [2.45, 2.75) is 33.1 Å². The van der Waals surface area contributed by atoms with Crippen LogP contribution in [0.25, 0.3) is 0 Å². The number of amides is 1. The second-order valence-corrected chi connectivity index (χ2v) is 9.68. The first-order valence-corrected chi connectivity index (χ1v) is 11.9. The van der Waals surface area contributed by atoms with E-state index in [0.29, 0.717) is 33.0 Å². The molecule has 0 bridgehead atoms. The average molecular weight is 484 g/mol. The quantitative estimate of drug-likeness (QED) is 0.330. The summed E-state index contributed by atoms with van der Waals surface area (Å²) in [7, 11) is 0. The van der Waals surface area contributed by atoms with E-state index in [0.717, 1.165) is 22.4 Å². The third kappa shape index (κ3) is 3.24. The van der Waals surface area contributed by atoms with Gasteiger partial charge < -0.3 is 10.2 Å². The molecule has 0 spiro atoms. The standard InChI is InChI=1S/C30H26ClNO3/c1-17-13-21(14-18(2)27(17)33)30(22-15-19(3)28(34)20(4)16-22)23-9-5-7-11-25(23)32(29(30)35)26-12-8-6-10-24(26)31/h5-16,33-34H,1-4H3. The summed E-state index contributed by atoms with van der Waals surface area (Å²) in [5.41, 5.74) is 5.22. The maximum Gasteiger partial charge on any atom is 0.251 e. The van der Waals surface area contributed by atoms with E-state index in [1.165, 1.54) is 0 Å². The molecule has 2 N–H and O–H groups in total. The molecule has 1 aliphatic rings. The van der Waals surface area contributed by atoms with Gasteiger partial charge >= 0.3 is 0 Å². The molecule has 1 amide bonds. The average Bonchev–Trinajstić information content (AvgIpc) is 3.09. The molecule has 0 unspecified atom stereocenters. The van der Waals surface area contributed by atoms with Crippen LogP contribution in [0.15, 0.2) is 72.8 Å². The van der Waals surface area contributed by atoms with Gasteiger partial charge in [-0.3, -0.25) is 9.69 Å². The summed E-state index contributed by atoms with van der Waals surface area (Å²) in [6.45, 7) is 7.35. The number of halogens is 1. The van der Waals surface area contributed by atoms with Crippen molar-refractivity contribution in [1.29, 1.82) is 0 Å². The SMILES string of the molecule is Cc1cc(C2(c3cc(C)c(O)c(C)c3)C(=O)N(c3ccccc3Cl)c3ccccc32)cc(C)c1O. The molecule has 5 heteroatoms. The van der Waals surface area contributed by atoms with Gasteiger partial charge in [0.2, 0.25) is 0 Å². The molecule has 4 aromatic rings. The Morgan fingerprint density at radius 3 is 1.60 bits per heavy atom. The molecule has 176 valence electrons. The maximum atomic E-state index is 14.8. The number of aryl methyl sites for hydroxylation is 4. The summed E-state index contributed by atoms with van der Waals surface area (Å²) < 4.78 is 0. The predicted octanol–water partition coefficient (Wildman–Crippen LogP) is 7.00. The van der Waals surface area contributed by atoms with Gasteiger partial charge in [-0.1, -0.05) is 66.2 Å². The van der Waals surface area contributed by atoms with Crippen LogP contribution in [-0.2, 0) is 10.2 Å². The van der Waals surface area contributed by atoms with E-state index in [-0.39, 0.29) is 17.4 Å². The van der Waals surface area contributed by atoms with Gasteiger partial charge in [0.15, 0.2) is 0 Å². The predicted molar refractivity (Wildman–Crippen MR) is 140 cm³/mol. The Morgan fingerprint density at radius 2 is 1.11 bits per heavy atom. The minimum absolute atomic E-state index is 0.166. The highest BCUT2D eigenvalue weighted by Gasteiger charge is 2.54. The Morgan fingerprint density at radius 1 is 0.686 bits per heavy atom. The van der Waals surface area contributed by atoms with Crippen molar-refractivity contribution in [2.24, 2.45) is 0 Å². The zero-order chi connectivity index (χ0) is 25.1. The van der Waals surface area contributed by atoms with E-state index in [1.807, 2.05) is 94.4 Å². The Balaban J connectivity index is 1.94. The minimum Gasteiger partial charge on any atom is -0.507 e. The van der Waals surface area contributed by atoms with E-state index in [2.05, 4.69) is 0 Å². The van der Waals surface area contributed by atoms with Gasteiger partial charge in [0.05, 0.1) is 16.4 Å². The summed E-state index contributed by atoms with van der Waals surface area (Å²) in [4.78, 5) is 16.5. The van der Waals surface area contributed by atoms with Gasteiger partial charge in [0.25, 0.3) is 5.91 Å². The fourth-order valence-corrected chi connectivity index (χ4v) is 5.54. The molecule has 0 saturated carbocycles. The van der Waals surface area contributed by atoms with Crippen LogP contribution in [0.5, 0.6) is 11.5 Å². The maximum absolute atomic E-state index is 14.8. The van der Waals surface area contributed by atoms with Crippen LogP contribution >= 0.6 is 11.6 Å². The van der Waals surface area contributed by atoms with Gasteiger partial charge in [0, 0.05) is 5.56 Å². The lowest BCUT2D eigenvalue weighted by molar-refractivity contribution is -0.120. The Hall–Kier alpha value is -3.76. The smallest absolute Gasteiger partial charge is 0.251 e. The summed E-state index contributed by atoms with van der Waals surface area (Å²) in [6.07, 6.45) is 0. The lowest BCUT2D eigenvalue weighted by Gasteiger charge is -2.32. The van der Waals surface area contributed by atoms with Crippen molar-refractivity contribution < 1.29 is 15.0 Å². The van der Waals surface area contributed by atoms with Crippen LogP contribution in [0.4, 0.5) is 11.4 Å². The number of hydrogen-bond acceptors (Lipinski definition) is 3. The van der Waals surface area contributed by atoms with Crippen LogP contribution in [0.1, 0.15) is 38.9 Å². The highest BCUT2D eigenvalue weighted by atomic mass is 35.5. The van der Waals surface area contributed by atoms with E-state index >= 15 is 0 Å². The third-order valence-corrected chi connectivity index (χ3v) is 7.33. The number of phenols is 2. The molecule has 0 atom stereocenters. The number of phenolic OH excluding ortho intramolecular Hbond substituents is 2. The summed E-state index contributed by atoms with van der Waals surface area (Å²) >= 11 is 6.60. The van der Waals surface area contributed by atoms with Gasteiger partial charge in [-0.15, -0.1) is 0 Å². The van der Waals surface area contributed by atoms with Crippen molar-refractivity contribution in [3.63, 3.8) is 0 Å². The van der Waals surface area contributed by atoms with E-state index in [4.69, 9.17) is 11.6 Å². The van der Waals surface area contributed by atoms with Gasteiger partial charge in [-0.05, 0) is 79.3 Å². The van der Waals surface area contributed by atoms with Crippen molar-refractivity contribution >= 4 is 28.9 Å². The number of anilines is 2. The number of rotatable bonds is 3. The first-order valence-electron chi connectivity index (χ1n) is 11.5. The molecule has 0 aliphatic carbocycles. The summed E-state index contributed by atoms with van der Waals surface area (Å²) in [5, 5.41) is 21.5. The van der Waals surface area contributed by atoms with Gasteiger partial charge in [0.1, 0.15) is 16.9 Å². The lowest BCUT2D eigenvalue weighted by Crippen LogP contribution is -2.40. The van der Waals surface area contributed by atoms with Crippen molar-refractivity contribution in [3.05, 3.63) is 117 Å². The number of carbonyl (C=O) groups is 1. The zero-order valence-corrected chi connectivity index (χ0v) is 20.8. The number of nitrogens with zero attached hydrogens (tertiary/aromatic N) is 1. The Labute approximate surface area is 210 Å². The fourth-order valence-electron chi connectivity index (χ4n) is 5.32. The second kappa shape index (κ2) is 8.17. The fraction of sp³-hybridized carbons (Fsp3) is 0.167.